The average Bonchev–Trinajstić information content (AvgIpc) is 2.66. The molecule has 0 amide bonds. The smallest absolute Gasteiger partial charge is 0.158 e. The molecule has 1 aromatic heterocycles. The molecule has 0 bridgehead atoms. The SMILES string of the molecule is CC1CCCC1Nc1cnc(C#N)cn1. The van der Waals surface area contributed by atoms with E-state index >= 15 is 0 Å². The minimum Gasteiger partial charge on any atom is -0.366 e. The van der Waals surface area contributed by atoms with Gasteiger partial charge in [-0.25, -0.2) is 9.97 Å². The molecule has 15 heavy (non-hydrogen) atoms. The first-order valence-electron chi connectivity index (χ1n) is 5.28. The van der Waals surface area contributed by atoms with Crippen LogP contribution in [-0.4, -0.2) is 16.0 Å². The molecular formula is C11H14N4. The Hall–Kier alpha value is -1.63. The molecule has 1 saturated carbocycles. The summed E-state index contributed by atoms with van der Waals surface area (Å²) in [5, 5.41) is 11.9. The predicted octanol–water partition coefficient (Wildman–Crippen LogP) is 1.95. The van der Waals surface area contributed by atoms with Gasteiger partial charge in [-0.2, -0.15) is 5.26 Å². The van der Waals surface area contributed by atoms with Crippen molar-refractivity contribution in [2.75, 3.05) is 5.32 Å². The third kappa shape index (κ3) is 2.24. The van der Waals surface area contributed by atoms with Crippen molar-refractivity contribution in [3.8, 4) is 6.07 Å². The fourth-order valence-electron chi connectivity index (χ4n) is 2.01. The molecule has 0 spiro atoms. The second kappa shape index (κ2) is 4.26. The highest BCUT2D eigenvalue weighted by molar-refractivity contribution is 5.34. The van der Waals surface area contributed by atoms with Gasteiger partial charge < -0.3 is 5.32 Å². The van der Waals surface area contributed by atoms with Crippen molar-refractivity contribution in [3.05, 3.63) is 18.1 Å². The van der Waals surface area contributed by atoms with Gasteiger partial charge in [0.15, 0.2) is 5.69 Å². The number of rotatable bonds is 2. The van der Waals surface area contributed by atoms with Gasteiger partial charge in [0.2, 0.25) is 0 Å². The number of hydrogen-bond acceptors (Lipinski definition) is 4. The average molecular weight is 202 g/mol. The Morgan fingerprint density at radius 1 is 1.40 bits per heavy atom. The molecule has 0 saturated heterocycles. The maximum Gasteiger partial charge on any atom is 0.158 e. The van der Waals surface area contributed by atoms with Gasteiger partial charge in [-0.15, -0.1) is 0 Å². The highest BCUT2D eigenvalue weighted by Crippen LogP contribution is 2.27. The summed E-state index contributed by atoms with van der Waals surface area (Å²) in [6.07, 6.45) is 6.89. The zero-order valence-corrected chi connectivity index (χ0v) is 8.77. The molecule has 1 N–H and O–H groups in total. The molecule has 1 aromatic rings. The van der Waals surface area contributed by atoms with Crippen LogP contribution >= 0.6 is 0 Å². The van der Waals surface area contributed by atoms with Crippen LogP contribution in [0.2, 0.25) is 0 Å². The number of hydrogen-bond donors (Lipinski definition) is 1. The minimum atomic E-state index is 0.361. The highest BCUT2D eigenvalue weighted by atomic mass is 15.0. The monoisotopic (exact) mass is 202 g/mol. The Bertz CT molecular complexity index is 365. The summed E-state index contributed by atoms with van der Waals surface area (Å²) in [6.45, 7) is 2.25. The minimum absolute atomic E-state index is 0.361. The first kappa shape index (κ1) is 9.91. The zero-order valence-electron chi connectivity index (χ0n) is 8.77. The van der Waals surface area contributed by atoms with E-state index in [1.807, 2.05) is 6.07 Å². The van der Waals surface area contributed by atoms with Crippen LogP contribution < -0.4 is 5.32 Å². The number of aromatic nitrogens is 2. The lowest BCUT2D eigenvalue weighted by Crippen LogP contribution is -2.22. The Balaban J connectivity index is 2.02. The van der Waals surface area contributed by atoms with Crippen molar-refractivity contribution < 1.29 is 0 Å². The van der Waals surface area contributed by atoms with E-state index in [4.69, 9.17) is 5.26 Å². The van der Waals surface area contributed by atoms with E-state index in [0.29, 0.717) is 17.7 Å². The standard InChI is InChI=1S/C11H14N4/c1-8-3-2-4-10(8)15-11-7-13-9(5-12)6-14-11/h6-8,10H,2-4H2,1H3,(H,14,15). The Morgan fingerprint density at radius 2 is 2.27 bits per heavy atom. The second-order valence-electron chi connectivity index (χ2n) is 4.06. The normalized spacial score (nSPS) is 24.8. The van der Waals surface area contributed by atoms with Gasteiger partial charge in [-0.05, 0) is 18.8 Å². The summed E-state index contributed by atoms with van der Waals surface area (Å²) >= 11 is 0. The van der Waals surface area contributed by atoms with Gasteiger partial charge in [0.1, 0.15) is 11.9 Å². The van der Waals surface area contributed by atoms with Gasteiger partial charge in [0, 0.05) is 6.04 Å². The molecule has 0 radical (unpaired) electrons. The summed E-state index contributed by atoms with van der Waals surface area (Å²) in [4.78, 5) is 8.13. The highest BCUT2D eigenvalue weighted by Gasteiger charge is 2.23. The summed E-state index contributed by atoms with van der Waals surface area (Å²) in [7, 11) is 0. The lowest BCUT2D eigenvalue weighted by atomic mass is 10.1. The largest absolute Gasteiger partial charge is 0.366 e. The maximum atomic E-state index is 8.58. The summed E-state index contributed by atoms with van der Waals surface area (Å²) in [5.74, 6) is 1.47. The van der Waals surface area contributed by atoms with Crippen LogP contribution in [0, 0.1) is 17.2 Å². The van der Waals surface area contributed by atoms with Crippen molar-refractivity contribution in [2.24, 2.45) is 5.92 Å². The number of nitrogens with one attached hydrogen (secondary N) is 1. The van der Waals surface area contributed by atoms with E-state index in [9.17, 15) is 0 Å². The fraction of sp³-hybridized carbons (Fsp3) is 0.545. The first-order chi connectivity index (χ1) is 7.29. The third-order valence-corrected chi connectivity index (χ3v) is 2.96. The van der Waals surface area contributed by atoms with Crippen molar-refractivity contribution in [1.29, 1.82) is 5.26 Å². The third-order valence-electron chi connectivity index (χ3n) is 2.96. The van der Waals surface area contributed by atoms with E-state index in [-0.39, 0.29) is 0 Å². The summed E-state index contributed by atoms with van der Waals surface area (Å²) in [5.41, 5.74) is 0.361. The predicted molar refractivity (Wildman–Crippen MR) is 57.2 cm³/mol. The molecule has 1 aliphatic carbocycles. The van der Waals surface area contributed by atoms with Crippen molar-refractivity contribution >= 4 is 5.82 Å². The van der Waals surface area contributed by atoms with Crippen LogP contribution in [0.15, 0.2) is 12.4 Å². The zero-order chi connectivity index (χ0) is 10.7. The van der Waals surface area contributed by atoms with E-state index in [1.165, 1.54) is 25.5 Å². The molecule has 2 unspecified atom stereocenters. The van der Waals surface area contributed by atoms with Gasteiger partial charge in [-0.3, -0.25) is 0 Å². The molecule has 4 heteroatoms. The van der Waals surface area contributed by atoms with Crippen LogP contribution in [0.3, 0.4) is 0 Å². The Morgan fingerprint density at radius 3 is 2.80 bits per heavy atom. The molecule has 0 aliphatic heterocycles. The molecule has 2 atom stereocenters. The van der Waals surface area contributed by atoms with E-state index in [1.54, 1.807) is 6.20 Å². The van der Waals surface area contributed by atoms with Gasteiger partial charge in [0.25, 0.3) is 0 Å². The molecule has 2 rings (SSSR count). The molecule has 78 valence electrons. The Labute approximate surface area is 89.4 Å². The van der Waals surface area contributed by atoms with Crippen LogP contribution in [0.1, 0.15) is 31.9 Å². The number of anilines is 1. The maximum absolute atomic E-state index is 8.58. The quantitative estimate of drug-likeness (QED) is 0.796. The van der Waals surface area contributed by atoms with E-state index in [0.717, 1.165) is 5.82 Å². The van der Waals surface area contributed by atoms with Crippen molar-refractivity contribution in [1.82, 2.24) is 9.97 Å². The van der Waals surface area contributed by atoms with Crippen LogP contribution in [0.4, 0.5) is 5.82 Å². The molecule has 1 aliphatic rings. The van der Waals surface area contributed by atoms with Crippen LogP contribution in [0.5, 0.6) is 0 Å². The van der Waals surface area contributed by atoms with Crippen LogP contribution in [-0.2, 0) is 0 Å². The number of nitrogens with zero attached hydrogens (tertiary/aromatic N) is 3. The molecule has 1 fully saturated rings. The lowest BCUT2D eigenvalue weighted by Gasteiger charge is -2.17. The van der Waals surface area contributed by atoms with Crippen molar-refractivity contribution in [3.63, 3.8) is 0 Å². The molecule has 0 aromatic carbocycles. The van der Waals surface area contributed by atoms with E-state index in [2.05, 4.69) is 22.2 Å². The summed E-state index contributed by atoms with van der Waals surface area (Å²) in [6, 6.07) is 2.46. The topological polar surface area (TPSA) is 61.6 Å². The fourth-order valence-corrected chi connectivity index (χ4v) is 2.01. The van der Waals surface area contributed by atoms with Crippen molar-refractivity contribution in [2.45, 2.75) is 32.2 Å². The first-order valence-corrected chi connectivity index (χ1v) is 5.28. The van der Waals surface area contributed by atoms with Gasteiger partial charge >= 0.3 is 0 Å². The molecule has 1 heterocycles. The molecule has 4 nitrogen and oxygen atoms in total. The summed E-state index contributed by atoms with van der Waals surface area (Å²) < 4.78 is 0. The second-order valence-corrected chi connectivity index (χ2v) is 4.06. The molecular weight excluding hydrogens is 188 g/mol. The van der Waals surface area contributed by atoms with Gasteiger partial charge in [-0.1, -0.05) is 13.3 Å². The number of nitriles is 1. The lowest BCUT2D eigenvalue weighted by molar-refractivity contribution is 0.554. The Kier molecular flexibility index (Phi) is 2.82. The van der Waals surface area contributed by atoms with Gasteiger partial charge in [0.05, 0.1) is 12.4 Å². The van der Waals surface area contributed by atoms with Crippen LogP contribution in [0.25, 0.3) is 0 Å². The van der Waals surface area contributed by atoms with E-state index < -0.39 is 0 Å².